The fraction of sp³-hybridized carbons (Fsp3) is 0.476. The largest absolute Gasteiger partial charge is 0.413 e. The molecule has 4 rings (SSSR count). The van der Waals surface area contributed by atoms with Crippen molar-refractivity contribution in [3.63, 3.8) is 0 Å². The minimum absolute atomic E-state index is 0.109. The maximum absolute atomic E-state index is 12.4. The highest BCUT2D eigenvalue weighted by molar-refractivity contribution is 5.95. The number of anilines is 1. The molecule has 1 aromatic carbocycles. The number of nitrogens with zero attached hydrogens (tertiary/aromatic N) is 2. The van der Waals surface area contributed by atoms with Crippen LogP contribution in [0.25, 0.3) is 5.69 Å². The number of hydrogen-bond acceptors (Lipinski definition) is 5. The van der Waals surface area contributed by atoms with Gasteiger partial charge in [0, 0.05) is 17.6 Å². The van der Waals surface area contributed by atoms with Crippen molar-refractivity contribution < 1.29 is 14.3 Å². The van der Waals surface area contributed by atoms with Crippen LogP contribution in [0.15, 0.2) is 24.4 Å². The van der Waals surface area contributed by atoms with Crippen LogP contribution in [-0.4, -0.2) is 33.9 Å². The lowest BCUT2D eigenvalue weighted by Crippen LogP contribution is -2.38. The maximum atomic E-state index is 12.4. The van der Waals surface area contributed by atoms with Crippen LogP contribution in [0.1, 0.15) is 60.9 Å². The fourth-order valence-corrected chi connectivity index (χ4v) is 3.63. The molecule has 0 radical (unpaired) electrons. The van der Waals surface area contributed by atoms with E-state index in [1.807, 2.05) is 13.0 Å². The zero-order chi connectivity index (χ0) is 20.4. The lowest BCUT2D eigenvalue weighted by Gasteiger charge is -2.22. The number of carbonyl (C=O) groups excluding carboxylic acids is 2. The minimum Gasteiger partial charge on any atom is -0.405 e. The van der Waals surface area contributed by atoms with Gasteiger partial charge in [0.1, 0.15) is 0 Å². The molecule has 1 aromatic heterocycles. The summed E-state index contributed by atoms with van der Waals surface area (Å²) in [6, 6.07) is 5.82. The molecule has 2 aromatic rings. The van der Waals surface area contributed by atoms with Gasteiger partial charge in [-0.1, -0.05) is 25.3 Å². The normalized spacial score (nSPS) is 17.0. The van der Waals surface area contributed by atoms with Crippen LogP contribution in [0.5, 0.6) is 5.75 Å². The van der Waals surface area contributed by atoms with Gasteiger partial charge in [0.2, 0.25) is 0 Å². The van der Waals surface area contributed by atoms with Gasteiger partial charge in [0.15, 0.2) is 11.6 Å². The molecule has 2 aliphatic rings. The summed E-state index contributed by atoms with van der Waals surface area (Å²) in [5.74, 6) is 0.306. The van der Waals surface area contributed by atoms with E-state index >= 15 is 0 Å². The third kappa shape index (κ3) is 4.52. The third-order valence-electron chi connectivity index (χ3n) is 5.51. The number of nitrogens with two attached hydrogens (primary N) is 1. The van der Waals surface area contributed by atoms with Crippen LogP contribution in [0.4, 0.5) is 10.6 Å². The predicted molar refractivity (Wildman–Crippen MR) is 109 cm³/mol. The van der Waals surface area contributed by atoms with Gasteiger partial charge in [0.25, 0.3) is 5.91 Å². The van der Waals surface area contributed by atoms with E-state index in [1.54, 1.807) is 12.1 Å². The van der Waals surface area contributed by atoms with Crippen LogP contribution in [0.3, 0.4) is 0 Å². The van der Waals surface area contributed by atoms with Gasteiger partial charge in [-0.25, -0.2) is 9.48 Å². The summed E-state index contributed by atoms with van der Waals surface area (Å²) in [6.45, 7) is 1.91. The highest BCUT2D eigenvalue weighted by Gasteiger charge is 2.24. The molecule has 8 heteroatoms. The van der Waals surface area contributed by atoms with Crippen molar-refractivity contribution in [2.75, 3.05) is 5.73 Å². The van der Waals surface area contributed by atoms with Gasteiger partial charge in [-0.2, -0.15) is 5.10 Å². The number of aromatic nitrogens is 2. The average Bonchev–Trinajstić information content (AvgIpc) is 3.46. The van der Waals surface area contributed by atoms with Crippen molar-refractivity contribution in [1.82, 2.24) is 20.4 Å². The van der Waals surface area contributed by atoms with Crippen molar-refractivity contribution in [2.45, 2.75) is 64.0 Å². The SMILES string of the molecule is Cc1ccc(C(=O)NC2CC2)cc1-n1ncc(OC(=O)NC2CCCCC2)c1N. The molecule has 0 aliphatic heterocycles. The second-order valence-corrected chi connectivity index (χ2v) is 7.92. The Kier molecular flexibility index (Phi) is 5.42. The Morgan fingerprint density at radius 1 is 1.10 bits per heavy atom. The van der Waals surface area contributed by atoms with Gasteiger partial charge in [-0.3, -0.25) is 4.79 Å². The minimum atomic E-state index is -0.516. The van der Waals surface area contributed by atoms with Gasteiger partial charge in [-0.05, 0) is 50.3 Å². The highest BCUT2D eigenvalue weighted by atomic mass is 16.6. The van der Waals surface area contributed by atoms with Crippen molar-refractivity contribution in [2.24, 2.45) is 0 Å². The van der Waals surface area contributed by atoms with E-state index in [4.69, 9.17) is 10.5 Å². The van der Waals surface area contributed by atoms with Gasteiger partial charge in [0.05, 0.1) is 11.9 Å². The van der Waals surface area contributed by atoms with Crippen LogP contribution >= 0.6 is 0 Å². The number of benzene rings is 1. The smallest absolute Gasteiger partial charge is 0.405 e. The number of rotatable bonds is 5. The van der Waals surface area contributed by atoms with Crippen LogP contribution in [0, 0.1) is 6.92 Å². The molecule has 0 atom stereocenters. The molecule has 29 heavy (non-hydrogen) atoms. The summed E-state index contributed by atoms with van der Waals surface area (Å²) in [5.41, 5.74) is 8.32. The summed E-state index contributed by atoms with van der Waals surface area (Å²) in [6.07, 6.45) is 8.36. The molecular formula is C21H27N5O3. The second-order valence-electron chi connectivity index (χ2n) is 7.92. The average molecular weight is 397 g/mol. The standard InChI is InChI=1S/C21H27N5O3/c1-13-7-8-14(20(27)24-16-9-10-16)11-17(13)26-19(22)18(12-23-26)29-21(28)25-15-5-3-2-4-6-15/h7-8,11-12,15-16H,2-6,9-10,22H2,1H3,(H,24,27)(H,25,28). The molecule has 0 bridgehead atoms. The first-order valence-corrected chi connectivity index (χ1v) is 10.2. The molecule has 0 spiro atoms. The summed E-state index contributed by atoms with van der Waals surface area (Å²) < 4.78 is 6.88. The van der Waals surface area contributed by atoms with E-state index in [0.29, 0.717) is 11.3 Å². The lowest BCUT2D eigenvalue weighted by molar-refractivity contribution is 0.0951. The second kappa shape index (κ2) is 8.14. The first-order valence-electron chi connectivity index (χ1n) is 10.2. The predicted octanol–water partition coefficient (Wildman–Crippen LogP) is 3.08. The first kappa shape index (κ1) is 19.3. The van der Waals surface area contributed by atoms with Gasteiger partial charge < -0.3 is 21.1 Å². The summed E-state index contributed by atoms with van der Waals surface area (Å²) in [4.78, 5) is 24.6. The number of ether oxygens (including phenoxy) is 1. The van der Waals surface area contributed by atoms with Gasteiger partial charge >= 0.3 is 6.09 Å². The number of hydrogen-bond donors (Lipinski definition) is 3. The lowest BCUT2D eigenvalue weighted by atomic mass is 9.96. The van der Waals surface area contributed by atoms with Crippen molar-refractivity contribution in [1.29, 1.82) is 0 Å². The van der Waals surface area contributed by atoms with E-state index in [1.165, 1.54) is 17.3 Å². The van der Waals surface area contributed by atoms with Gasteiger partial charge in [-0.15, -0.1) is 0 Å². The molecule has 154 valence electrons. The Hall–Kier alpha value is -3.03. The van der Waals surface area contributed by atoms with Crippen LogP contribution in [-0.2, 0) is 0 Å². The van der Waals surface area contributed by atoms with E-state index in [-0.39, 0.29) is 29.6 Å². The topological polar surface area (TPSA) is 111 Å². The zero-order valence-corrected chi connectivity index (χ0v) is 16.6. The Labute approximate surface area is 169 Å². The molecule has 2 saturated carbocycles. The molecule has 4 N–H and O–H groups in total. The van der Waals surface area contributed by atoms with Crippen LogP contribution in [0.2, 0.25) is 0 Å². The summed E-state index contributed by atoms with van der Waals surface area (Å²) in [7, 11) is 0. The molecule has 8 nitrogen and oxygen atoms in total. The Morgan fingerprint density at radius 3 is 2.55 bits per heavy atom. The third-order valence-corrected chi connectivity index (χ3v) is 5.51. The van der Waals surface area contributed by atoms with Crippen molar-refractivity contribution in [3.05, 3.63) is 35.5 Å². The summed E-state index contributed by atoms with van der Waals surface area (Å²) >= 11 is 0. The number of amides is 2. The Morgan fingerprint density at radius 2 is 1.83 bits per heavy atom. The van der Waals surface area contributed by atoms with Crippen molar-refractivity contribution in [3.8, 4) is 11.4 Å². The number of nitrogens with one attached hydrogen (secondary N) is 2. The summed E-state index contributed by atoms with van der Waals surface area (Å²) in [5, 5.41) is 10.1. The molecule has 1 heterocycles. The van der Waals surface area contributed by atoms with E-state index in [2.05, 4.69) is 15.7 Å². The molecule has 2 aliphatic carbocycles. The van der Waals surface area contributed by atoms with Crippen molar-refractivity contribution >= 4 is 17.8 Å². The molecule has 2 fully saturated rings. The first-order chi connectivity index (χ1) is 14.0. The number of carbonyl (C=O) groups is 2. The van der Waals surface area contributed by atoms with E-state index in [9.17, 15) is 9.59 Å². The quantitative estimate of drug-likeness (QED) is 0.718. The number of nitrogen functional groups attached to an aromatic ring is 1. The van der Waals surface area contributed by atoms with E-state index < -0.39 is 6.09 Å². The van der Waals surface area contributed by atoms with E-state index in [0.717, 1.165) is 44.1 Å². The Balaban J connectivity index is 1.48. The molecule has 0 saturated heterocycles. The molecule has 2 amide bonds. The number of aryl methyl sites for hydroxylation is 1. The highest BCUT2D eigenvalue weighted by Crippen LogP contribution is 2.27. The fourth-order valence-electron chi connectivity index (χ4n) is 3.63. The maximum Gasteiger partial charge on any atom is 0.413 e. The molecule has 0 unspecified atom stereocenters. The molecular weight excluding hydrogens is 370 g/mol. The zero-order valence-electron chi connectivity index (χ0n) is 16.6. The monoisotopic (exact) mass is 397 g/mol. The van der Waals surface area contributed by atoms with Crippen LogP contribution < -0.4 is 21.1 Å². The Bertz CT molecular complexity index is 913.